The summed E-state index contributed by atoms with van der Waals surface area (Å²) >= 11 is 0. The Morgan fingerprint density at radius 1 is 1.22 bits per heavy atom. The van der Waals surface area contributed by atoms with Crippen LogP contribution in [0, 0.1) is 5.92 Å². The molecular weight excluding hydrogens is 250 g/mol. The third-order valence-electron chi connectivity index (χ3n) is 4.12. The summed E-state index contributed by atoms with van der Waals surface area (Å²) < 4.78 is 28.4. The van der Waals surface area contributed by atoms with Gasteiger partial charge in [-0.1, -0.05) is 0 Å². The molecule has 0 aromatic rings. The highest BCUT2D eigenvalue weighted by Crippen LogP contribution is 2.23. The lowest BCUT2D eigenvalue weighted by atomic mass is 10.0. The number of hydrogen-bond acceptors (Lipinski definition) is 4. The van der Waals surface area contributed by atoms with E-state index in [1.807, 2.05) is 6.92 Å². The van der Waals surface area contributed by atoms with Crippen molar-refractivity contribution in [2.45, 2.75) is 38.7 Å². The standard InChI is InChI=1S/C13H25NO3S/c1-2-17-13-4-8-14(9-5-13)7-3-12-6-10-18(15,16)11-12/h12-13H,2-11H2,1H3. The van der Waals surface area contributed by atoms with Crippen LogP contribution in [0.2, 0.25) is 0 Å². The van der Waals surface area contributed by atoms with E-state index in [0.29, 0.717) is 23.5 Å². The molecule has 1 unspecified atom stereocenters. The average molecular weight is 275 g/mol. The minimum atomic E-state index is -2.70. The van der Waals surface area contributed by atoms with Gasteiger partial charge in [0.1, 0.15) is 0 Å². The van der Waals surface area contributed by atoms with Crippen molar-refractivity contribution in [1.29, 1.82) is 0 Å². The lowest BCUT2D eigenvalue weighted by Gasteiger charge is -2.32. The molecule has 2 heterocycles. The van der Waals surface area contributed by atoms with Gasteiger partial charge in [0.25, 0.3) is 0 Å². The normalized spacial score (nSPS) is 29.7. The van der Waals surface area contributed by atoms with Crippen LogP contribution in [0.1, 0.15) is 32.6 Å². The fraction of sp³-hybridized carbons (Fsp3) is 1.00. The van der Waals surface area contributed by atoms with E-state index in [1.54, 1.807) is 0 Å². The van der Waals surface area contributed by atoms with Gasteiger partial charge in [0.2, 0.25) is 0 Å². The number of rotatable bonds is 5. The summed E-state index contributed by atoms with van der Waals surface area (Å²) in [5, 5.41) is 0. The Kier molecular flexibility index (Phi) is 5.04. The molecule has 2 saturated heterocycles. The van der Waals surface area contributed by atoms with E-state index in [2.05, 4.69) is 4.90 Å². The molecule has 0 aliphatic carbocycles. The number of nitrogens with zero attached hydrogens (tertiary/aromatic N) is 1. The molecule has 2 fully saturated rings. The van der Waals surface area contributed by atoms with Crippen molar-refractivity contribution in [2.24, 2.45) is 5.92 Å². The van der Waals surface area contributed by atoms with Crippen LogP contribution in [0.4, 0.5) is 0 Å². The fourth-order valence-electron chi connectivity index (χ4n) is 3.00. The molecule has 18 heavy (non-hydrogen) atoms. The molecule has 0 radical (unpaired) electrons. The molecular formula is C13H25NO3S. The molecule has 106 valence electrons. The predicted octanol–water partition coefficient (Wildman–Crippen LogP) is 1.31. The third-order valence-corrected chi connectivity index (χ3v) is 5.95. The Morgan fingerprint density at radius 3 is 2.50 bits per heavy atom. The molecule has 5 heteroatoms. The van der Waals surface area contributed by atoms with E-state index in [1.165, 1.54) is 0 Å². The summed E-state index contributed by atoms with van der Waals surface area (Å²) in [4.78, 5) is 2.46. The molecule has 2 rings (SSSR count). The van der Waals surface area contributed by atoms with E-state index in [-0.39, 0.29) is 0 Å². The topological polar surface area (TPSA) is 46.6 Å². The highest BCUT2D eigenvalue weighted by atomic mass is 32.2. The van der Waals surface area contributed by atoms with Crippen molar-refractivity contribution < 1.29 is 13.2 Å². The number of ether oxygens (including phenoxy) is 1. The van der Waals surface area contributed by atoms with Crippen LogP contribution in [-0.2, 0) is 14.6 Å². The van der Waals surface area contributed by atoms with Gasteiger partial charge in [-0.3, -0.25) is 0 Å². The second-order valence-electron chi connectivity index (χ2n) is 5.55. The summed E-state index contributed by atoms with van der Waals surface area (Å²) in [5.74, 6) is 1.23. The number of sulfone groups is 1. The van der Waals surface area contributed by atoms with Gasteiger partial charge in [-0.2, -0.15) is 0 Å². The maximum atomic E-state index is 11.4. The lowest BCUT2D eigenvalue weighted by molar-refractivity contribution is 0.0134. The first-order valence-electron chi connectivity index (χ1n) is 7.13. The van der Waals surface area contributed by atoms with Crippen molar-refractivity contribution in [1.82, 2.24) is 4.90 Å². The molecule has 2 aliphatic rings. The number of piperidine rings is 1. The highest BCUT2D eigenvalue weighted by Gasteiger charge is 2.28. The zero-order valence-corrected chi connectivity index (χ0v) is 12.1. The van der Waals surface area contributed by atoms with E-state index in [9.17, 15) is 8.42 Å². The lowest BCUT2D eigenvalue weighted by Crippen LogP contribution is -2.38. The predicted molar refractivity (Wildman–Crippen MR) is 72.5 cm³/mol. The zero-order valence-electron chi connectivity index (χ0n) is 11.3. The molecule has 0 spiro atoms. The van der Waals surface area contributed by atoms with Gasteiger partial charge < -0.3 is 9.64 Å². The smallest absolute Gasteiger partial charge is 0.150 e. The molecule has 2 aliphatic heterocycles. The summed E-state index contributed by atoms with van der Waals surface area (Å²) in [6, 6.07) is 0. The molecule has 0 N–H and O–H groups in total. The van der Waals surface area contributed by atoms with Crippen molar-refractivity contribution in [3.8, 4) is 0 Å². The third kappa shape index (κ3) is 4.21. The summed E-state index contributed by atoms with van der Waals surface area (Å²) in [5.41, 5.74) is 0. The largest absolute Gasteiger partial charge is 0.378 e. The second kappa shape index (κ2) is 6.35. The van der Waals surface area contributed by atoms with Crippen LogP contribution in [0.25, 0.3) is 0 Å². The zero-order chi connectivity index (χ0) is 13.0. The Balaban J connectivity index is 1.64. The maximum Gasteiger partial charge on any atom is 0.150 e. The number of likely N-dealkylation sites (tertiary alicyclic amines) is 1. The van der Waals surface area contributed by atoms with Crippen LogP contribution in [-0.4, -0.2) is 57.2 Å². The van der Waals surface area contributed by atoms with Crippen LogP contribution >= 0.6 is 0 Å². The molecule has 0 saturated carbocycles. The van der Waals surface area contributed by atoms with Crippen LogP contribution in [0.15, 0.2) is 0 Å². The van der Waals surface area contributed by atoms with Crippen LogP contribution in [0.5, 0.6) is 0 Å². The Bertz CT molecular complexity index is 347. The fourth-order valence-corrected chi connectivity index (χ4v) is 4.91. The van der Waals surface area contributed by atoms with Crippen molar-refractivity contribution >= 4 is 9.84 Å². The van der Waals surface area contributed by atoms with Gasteiger partial charge in [-0.05, 0) is 45.1 Å². The quantitative estimate of drug-likeness (QED) is 0.759. The minimum absolute atomic E-state index is 0.402. The maximum absolute atomic E-state index is 11.4. The SMILES string of the molecule is CCOC1CCN(CCC2CCS(=O)(=O)C2)CC1. The Labute approximate surface area is 111 Å². The van der Waals surface area contributed by atoms with E-state index >= 15 is 0 Å². The average Bonchev–Trinajstić information content (AvgIpc) is 2.69. The van der Waals surface area contributed by atoms with Crippen molar-refractivity contribution in [3.05, 3.63) is 0 Å². The highest BCUT2D eigenvalue weighted by molar-refractivity contribution is 7.91. The molecule has 4 nitrogen and oxygen atoms in total. The first-order chi connectivity index (χ1) is 8.59. The Morgan fingerprint density at radius 2 is 1.94 bits per heavy atom. The van der Waals surface area contributed by atoms with Gasteiger partial charge >= 0.3 is 0 Å². The van der Waals surface area contributed by atoms with Crippen LogP contribution in [0.3, 0.4) is 0 Å². The first kappa shape index (κ1) is 14.3. The Hall–Kier alpha value is -0.130. The molecule has 0 bridgehead atoms. The molecule has 1 atom stereocenters. The van der Waals surface area contributed by atoms with E-state index in [0.717, 1.165) is 51.9 Å². The molecule has 0 aromatic heterocycles. The summed E-state index contributed by atoms with van der Waals surface area (Å²) in [6.45, 7) is 6.12. The van der Waals surface area contributed by atoms with E-state index < -0.39 is 9.84 Å². The molecule has 0 aromatic carbocycles. The summed E-state index contributed by atoms with van der Waals surface area (Å²) in [7, 11) is -2.70. The summed E-state index contributed by atoms with van der Waals surface area (Å²) in [6.07, 6.45) is 4.60. The van der Waals surface area contributed by atoms with Gasteiger partial charge in [0, 0.05) is 19.7 Å². The van der Waals surface area contributed by atoms with Crippen molar-refractivity contribution in [3.63, 3.8) is 0 Å². The van der Waals surface area contributed by atoms with Crippen molar-refractivity contribution in [2.75, 3.05) is 37.7 Å². The second-order valence-corrected chi connectivity index (χ2v) is 7.78. The van der Waals surface area contributed by atoms with Gasteiger partial charge in [0.05, 0.1) is 17.6 Å². The molecule has 0 amide bonds. The van der Waals surface area contributed by atoms with E-state index in [4.69, 9.17) is 4.74 Å². The minimum Gasteiger partial charge on any atom is -0.378 e. The van der Waals surface area contributed by atoms with Gasteiger partial charge in [-0.15, -0.1) is 0 Å². The van der Waals surface area contributed by atoms with Crippen LogP contribution < -0.4 is 0 Å². The number of hydrogen-bond donors (Lipinski definition) is 0. The monoisotopic (exact) mass is 275 g/mol. The van der Waals surface area contributed by atoms with Gasteiger partial charge in [-0.25, -0.2) is 8.42 Å². The van der Waals surface area contributed by atoms with Gasteiger partial charge in [0.15, 0.2) is 9.84 Å². The first-order valence-corrected chi connectivity index (χ1v) is 8.95.